The van der Waals surface area contributed by atoms with E-state index in [1.54, 1.807) is 25.1 Å². The van der Waals surface area contributed by atoms with Gasteiger partial charge in [0.1, 0.15) is 0 Å². The average Bonchev–Trinajstić information content (AvgIpc) is 2.17. The molecule has 0 unspecified atom stereocenters. The Labute approximate surface area is 92.1 Å². The van der Waals surface area contributed by atoms with Crippen molar-refractivity contribution in [3.05, 3.63) is 28.8 Å². The molecule has 0 saturated carbocycles. The summed E-state index contributed by atoms with van der Waals surface area (Å²) in [6.07, 6.45) is 0. The Kier molecular flexibility index (Phi) is 4.04. The number of carbonyl (C=O) groups is 1. The molecule has 0 aliphatic carbocycles. The van der Waals surface area contributed by atoms with Crippen molar-refractivity contribution in [2.24, 2.45) is 0 Å². The van der Waals surface area contributed by atoms with Crippen molar-refractivity contribution >= 4 is 35.0 Å². The highest BCUT2D eigenvalue weighted by Gasteiger charge is 2.11. The van der Waals surface area contributed by atoms with Crippen LogP contribution in [0.2, 0.25) is 5.02 Å². The van der Waals surface area contributed by atoms with Gasteiger partial charge in [0.25, 0.3) is 0 Å². The Morgan fingerprint density at radius 1 is 1.57 bits per heavy atom. The summed E-state index contributed by atoms with van der Waals surface area (Å²) in [5.74, 6) is -0.432. The van der Waals surface area contributed by atoms with Crippen LogP contribution < -0.4 is 4.84 Å². The van der Waals surface area contributed by atoms with Crippen molar-refractivity contribution in [3.8, 4) is 0 Å². The van der Waals surface area contributed by atoms with Crippen LogP contribution in [-0.4, -0.2) is 12.6 Å². The molecule has 0 radical (unpaired) electrons. The first-order valence-corrected chi connectivity index (χ1v) is 4.78. The van der Waals surface area contributed by atoms with E-state index >= 15 is 0 Å². The molecular formula is C9H9Cl2NO2. The van der Waals surface area contributed by atoms with E-state index in [-0.39, 0.29) is 0 Å². The van der Waals surface area contributed by atoms with Gasteiger partial charge in [-0.05, 0) is 25.1 Å². The molecule has 0 fully saturated rings. The first-order valence-electron chi connectivity index (χ1n) is 4.02. The summed E-state index contributed by atoms with van der Waals surface area (Å²) >= 11 is 11.2. The third-order valence-electron chi connectivity index (χ3n) is 1.57. The first kappa shape index (κ1) is 11.1. The fourth-order valence-electron chi connectivity index (χ4n) is 0.948. The maximum absolute atomic E-state index is 11.3. The molecule has 3 nitrogen and oxygen atoms in total. The Bertz CT molecular complexity index is 342. The Balaban J connectivity index is 2.94. The van der Waals surface area contributed by atoms with Crippen molar-refractivity contribution in [2.75, 3.05) is 11.4 Å². The second-order valence-corrected chi connectivity index (χ2v) is 3.11. The smallest absolute Gasteiger partial charge is 0.339 e. The molecule has 76 valence electrons. The van der Waals surface area contributed by atoms with Crippen LogP contribution in [0.1, 0.15) is 17.3 Å². The van der Waals surface area contributed by atoms with Crippen LogP contribution in [0.3, 0.4) is 0 Å². The monoisotopic (exact) mass is 233 g/mol. The Hall–Kier alpha value is -0.930. The number of rotatable bonds is 3. The molecule has 0 bridgehead atoms. The van der Waals surface area contributed by atoms with Crippen LogP contribution in [0.15, 0.2) is 18.2 Å². The predicted octanol–water partition coefficient (Wildman–Crippen LogP) is 3.08. The fourth-order valence-corrected chi connectivity index (χ4v) is 1.32. The number of carbonyl (C=O) groups excluding carboxylic acids is 1. The van der Waals surface area contributed by atoms with Gasteiger partial charge in [-0.25, -0.2) is 4.79 Å². The lowest BCUT2D eigenvalue weighted by atomic mass is 10.2. The summed E-state index contributed by atoms with van der Waals surface area (Å²) in [5.41, 5.74) is 0.967. The summed E-state index contributed by atoms with van der Waals surface area (Å²) in [5, 5.41) is 0.314. The lowest BCUT2D eigenvalue weighted by Crippen LogP contribution is -2.05. The van der Waals surface area contributed by atoms with Crippen LogP contribution in [-0.2, 0) is 4.74 Å². The lowest BCUT2D eigenvalue weighted by molar-refractivity contribution is 0.0526. The normalized spacial score (nSPS) is 9.64. The molecule has 1 N–H and O–H groups in total. The van der Waals surface area contributed by atoms with E-state index < -0.39 is 5.97 Å². The molecule has 0 aliphatic rings. The number of hydrogen-bond donors (Lipinski definition) is 1. The minimum Gasteiger partial charge on any atom is -0.462 e. The third-order valence-corrected chi connectivity index (χ3v) is 2.10. The number of esters is 1. The van der Waals surface area contributed by atoms with Crippen molar-refractivity contribution in [1.29, 1.82) is 0 Å². The summed E-state index contributed by atoms with van der Waals surface area (Å²) in [6, 6.07) is 4.76. The van der Waals surface area contributed by atoms with Crippen LogP contribution >= 0.6 is 23.4 Å². The predicted molar refractivity (Wildman–Crippen MR) is 56.9 cm³/mol. The van der Waals surface area contributed by atoms with Crippen LogP contribution in [0.25, 0.3) is 0 Å². The minimum absolute atomic E-state index is 0.314. The molecule has 0 saturated heterocycles. The van der Waals surface area contributed by atoms with Crippen LogP contribution in [0.4, 0.5) is 5.69 Å². The van der Waals surface area contributed by atoms with Gasteiger partial charge >= 0.3 is 5.97 Å². The molecule has 1 aromatic carbocycles. The van der Waals surface area contributed by atoms with E-state index in [4.69, 9.17) is 28.1 Å². The number of anilines is 1. The van der Waals surface area contributed by atoms with Gasteiger partial charge in [0, 0.05) is 11.8 Å². The highest BCUT2D eigenvalue weighted by Crippen LogP contribution is 2.22. The van der Waals surface area contributed by atoms with Crippen molar-refractivity contribution in [3.63, 3.8) is 0 Å². The van der Waals surface area contributed by atoms with Gasteiger partial charge in [-0.3, -0.25) is 4.84 Å². The van der Waals surface area contributed by atoms with Crippen molar-refractivity contribution in [1.82, 2.24) is 0 Å². The number of halogens is 2. The number of hydrogen-bond acceptors (Lipinski definition) is 3. The number of nitrogens with one attached hydrogen (secondary N) is 1. The molecule has 0 aromatic heterocycles. The Morgan fingerprint density at radius 3 is 2.79 bits per heavy atom. The number of benzene rings is 1. The fraction of sp³-hybridized carbons (Fsp3) is 0.222. The zero-order chi connectivity index (χ0) is 10.6. The molecule has 14 heavy (non-hydrogen) atoms. The average molecular weight is 234 g/mol. The highest BCUT2D eigenvalue weighted by atomic mass is 35.5. The summed E-state index contributed by atoms with van der Waals surface area (Å²) in [7, 11) is 0. The molecule has 0 aliphatic heterocycles. The van der Waals surface area contributed by atoms with Gasteiger partial charge in [0.05, 0.1) is 22.9 Å². The van der Waals surface area contributed by atoms with Crippen molar-refractivity contribution in [2.45, 2.75) is 6.92 Å². The molecule has 1 rings (SSSR count). The van der Waals surface area contributed by atoms with Crippen LogP contribution in [0.5, 0.6) is 0 Å². The maximum atomic E-state index is 11.3. The molecule has 0 atom stereocenters. The molecule has 0 heterocycles. The van der Waals surface area contributed by atoms with Gasteiger partial charge in [0.15, 0.2) is 0 Å². The third kappa shape index (κ3) is 2.53. The standard InChI is InChI=1S/C9H9Cl2NO2/c1-2-14-9(13)7-4-3-6(12-11)5-8(7)10/h3-5,12H,2H2,1H3. The van der Waals surface area contributed by atoms with Gasteiger partial charge in [0.2, 0.25) is 0 Å². The lowest BCUT2D eigenvalue weighted by Gasteiger charge is -2.05. The summed E-state index contributed by atoms with van der Waals surface area (Å²) in [6.45, 7) is 2.06. The van der Waals surface area contributed by atoms with Gasteiger partial charge in [-0.15, -0.1) is 0 Å². The zero-order valence-corrected chi connectivity index (χ0v) is 9.02. The molecule has 5 heteroatoms. The topological polar surface area (TPSA) is 38.3 Å². The van der Waals surface area contributed by atoms with Gasteiger partial charge in [-0.1, -0.05) is 11.6 Å². The van der Waals surface area contributed by atoms with E-state index in [1.165, 1.54) is 0 Å². The molecule has 0 amide bonds. The quantitative estimate of drug-likeness (QED) is 0.645. The van der Waals surface area contributed by atoms with E-state index in [2.05, 4.69) is 4.84 Å². The molecular weight excluding hydrogens is 225 g/mol. The SMILES string of the molecule is CCOC(=O)c1ccc(NCl)cc1Cl. The second kappa shape index (κ2) is 5.08. The summed E-state index contributed by atoms with van der Waals surface area (Å²) in [4.78, 5) is 13.7. The van der Waals surface area contributed by atoms with E-state index in [9.17, 15) is 4.79 Å². The van der Waals surface area contributed by atoms with E-state index in [1.807, 2.05) is 0 Å². The molecule has 1 aromatic rings. The second-order valence-electron chi connectivity index (χ2n) is 2.51. The Morgan fingerprint density at radius 2 is 2.29 bits per heavy atom. The maximum Gasteiger partial charge on any atom is 0.339 e. The van der Waals surface area contributed by atoms with Crippen LogP contribution in [0, 0.1) is 0 Å². The first-order chi connectivity index (χ1) is 6.69. The van der Waals surface area contributed by atoms with Crippen molar-refractivity contribution < 1.29 is 9.53 Å². The van der Waals surface area contributed by atoms with E-state index in [0.717, 1.165) is 0 Å². The zero-order valence-electron chi connectivity index (χ0n) is 7.51. The minimum atomic E-state index is -0.432. The van der Waals surface area contributed by atoms with Gasteiger partial charge < -0.3 is 4.74 Å². The summed E-state index contributed by atoms with van der Waals surface area (Å²) < 4.78 is 4.81. The van der Waals surface area contributed by atoms with E-state index in [0.29, 0.717) is 22.9 Å². The van der Waals surface area contributed by atoms with Gasteiger partial charge in [-0.2, -0.15) is 0 Å². The number of ether oxygens (including phenoxy) is 1. The largest absolute Gasteiger partial charge is 0.462 e. The highest BCUT2D eigenvalue weighted by molar-refractivity contribution is 6.34. The molecule has 0 spiro atoms.